The minimum Gasteiger partial charge on any atom is -0.387 e. The van der Waals surface area contributed by atoms with Gasteiger partial charge in [0.1, 0.15) is 6.10 Å². The molecule has 0 aromatic rings. The molecule has 8 heteroatoms. The zero-order chi connectivity index (χ0) is 23.5. The second kappa shape index (κ2) is 18.6. The number of carbonyl (C=O) groups is 1. The standard InChI is InChI=1S/C23H45NO6S/c1-3-5-7-9-10-11-12-14-16-18-22(26)23(27)24-20(19-31(28,29)30)21(25)17-15-13-8-6-4-2/h15,17,20-22,25-26H,3-14,16,18-19H2,1-2H3,(H,24,27)(H,28,29,30)/b17-15+. The van der Waals surface area contributed by atoms with Crippen molar-refractivity contribution >= 4 is 16.0 Å². The first-order chi connectivity index (χ1) is 14.7. The summed E-state index contributed by atoms with van der Waals surface area (Å²) in [6, 6.07) is -1.22. The third kappa shape index (κ3) is 18.3. The minimum atomic E-state index is -4.41. The Bertz CT molecular complexity index is 579. The Balaban J connectivity index is 4.37. The molecule has 0 aromatic carbocycles. The van der Waals surface area contributed by atoms with Crippen molar-refractivity contribution in [2.24, 2.45) is 0 Å². The van der Waals surface area contributed by atoms with Gasteiger partial charge in [-0.3, -0.25) is 9.35 Å². The van der Waals surface area contributed by atoms with Gasteiger partial charge >= 0.3 is 0 Å². The molecule has 0 aromatic heterocycles. The lowest BCUT2D eigenvalue weighted by Gasteiger charge is -2.22. The van der Waals surface area contributed by atoms with Crippen molar-refractivity contribution in [3.8, 4) is 0 Å². The molecule has 0 heterocycles. The topological polar surface area (TPSA) is 124 Å². The summed E-state index contributed by atoms with van der Waals surface area (Å²) in [4.78, 5) is 12.3. The first kappa shape index (κ1) is 30.0. The molecule has 0 rings (SSSR count). The molecule has 3 unspecified atom stereocenters. The Morgan fingerprint density at radius 1 is 0.871 bits per heavy atom. The maximum Gasteiger partial charge on any atom is 0.267 e. The molecule has 31 heavy (non-hydrogen) atoms. The Labute approximate surface area is 189 Å². The highest BCUT2D eigenvalue weighted by atomic mass is 32.2. The Morgan fingerprint density at radius 2 is 1.39 bits per heavy atom. The van der Waals surface area contributed by atoms with E-state index in [9.17, 15) is 23.4 Å². The van der Waals surface area contributed by atoms with Gasteiger partial charge in [0.25, 0.3) is 10.1 Å². The highest BCUT2D eigenvalue weighted by Crippen LogP contribution is 2.12. The molecule has 0 spiro atoms. The zero-order valence-corrected chi connectivity index (χ0v) is 20.3. The van der Waals surface area contributed by atoms with E-state index in [1.165, 1.54) is 38.2 Å². The summed E-state index contributed by atoms with van der Waals surface area (Å²) in [6.45, 7) is 4.27. The van der Waals surface area contributed by atoms with Crippen molar-refractivity contribution < 1.29 is 28.0 Å². The average molecular weight is 464 g/mol. The molecule has 0 saturated heterocycles. The van der Waals surface area contributed by atoms with E-state index in [1.807, 2.05) is 0 Å². The molecule has 7 nitrogen and oxygen atoms in total. The van der Waals surface area contributed by atoms with Crippen molar-refractivity contribution in [1.82, 2.24) is 5.32 Å². The number of hydrogen-bond donors (Lipinski definition) is 4. The average Bonchev–Trinajstić information content (AvgIpc) is 2.70. The normalized spacial score (nSPS) is 15.1. The second-order valence-electron chi connectivity index (χ2n) is 8.41. The highest BCUT2D eigenvalue weighted by Gasteiger charge is 2.27. The van der Waals surface area contributed by atoms with Crippen LogP contribution in [0.4, 0.5) is 0 Å². The van der Waals surface area contributed by atoms with Crippen LogP contribution in [0.25, 0.3) is 0 Å². The van der Waals surface area contributed by atoms with Gasteiger partial charge in [-0.1, -0.05) is 96.6 Å². The lowest BCUT2D eigenvalue weighted by molar-refractivity contribution is -0.130. The fraction of sp³-hybridized carbons (Fsp3) is 0.870. The number of nitrogens with one attached hydrogen (secondary N) is 1. The van der Waals surface area contributed by atoms with Gasteiger partial charge < -0.3 is 15.5 Å². The summed E-state index contributed by atoms with van der Waals surface area (Å²) in [7, 11) is -4.41. The molecule has 0 aliphatic rings. The van der Waals surface area contributed by atoms with Crippen LogP contribution in [0.15, 0.2) is 12.2 Å². The number of aliphatic hydroxyl groups excluding tert-OH is 2. The van der Waals surface area contributed by atoms with Crippen LogP contribution in [0, 0.1) is 0 Å². The third-order valence-corrected chi connectivity index (χ3v) is 6.10. The van der Waals surface area contributed by atoms with Crippen molar-refractivity contribution in [3.63, 3.8) is 0 Å². The van der Waals surface area contributed by atoms with Crippen molar-refractivity contribution in [2.75, 3.05) is 5.75 Å². The predicted octanol–water partition coefficient (Wildman–Crippen LogP) is 4.14. The monoisotopic (exact) mass is 463 g/mol. The van der Waals surface area contributed by atoms with Gasteiger partial charge in [-0.15, -0.1) is 0 Å². The fourth-order valence-electron chi connectivity index (χ4n) is 3.39. The van der Waals surface area contributed by atoms with Gasteiger partial charge in [-0.05, 0) is 19.3 Å². The van der Waals surface area contributed by atoms with Crippen molar-refractivity contribution in [1.29, 1.82) is 0 Å². The number of rotatable bonds is 20. The Kier molecular flexibility index (Phi) is 18.0. The maximum atomic E-state index is 12.3. The molecule has 0 radical (unpaired) electrons. The van der Waals surface area contributed by atoms with E-state index in [4.69, 9.17) is 4.55 Å². The van der Waals surface area contributed by atoms with Gasteiger partial charge in [0.2, 0.25) is 5.91 Å². The molecule has 0 aliphatic carbocycles. The smallest absolute Gasteiger partial charge is 0.267 e. The molecule has 3 atom stereocenters. The van der Waals surface area contributed by atoms with Crippen LogP contribution in [0.3, 0.4) is 0 Å². The molecule has 184 valence electrons. The lowest BCUT2D eigenvalue weighted by Crippen LogP contribution is -2.50. The number of aliphatic hydroxyl groups is 2. The van der Waals surface area contributed by atoms with E-state index in [0.717, 1.165) is 44.9 Å². The molecule has 1 amide bonds. The van der Waals surface area contributed by atoms with Crippen molar-refractivity contribution in [3.05, 3.63) is 12.2 Å². The number of unbranched alkanes of at least 4 members (excludes halogenated alkanes) is 11. The van der Waals surface area contributed by atoms with E-state index in [0.29, 0.717) is 6.42 Å². The largest absolute Gasteiger partial charge is 0.387 e. The SMILES string of the molecule is CCCCC/C=C/C(O)C(CS(=O)(=O)O)NC(=O)C(O)CCCCCCCCCCC. The quantitative estimate of drug-likeness (QED) is 0.122. The van der Waals surface area contributed by atoms with E-state index in [2.05, 4.69) is 19.2 Å². The van der Waals surface area contributed by atoms with Gasteiger partial charge in [-0.2, -0.15) is 8.42 Å². The highest BCUT2D eigenvalue weighted by molar-refractivity contribution is 7.85. The summed E-state index contributed by atoms with van der Waals surface area (Å²) in [5.41, 5.74) is 0. The van der Waals surface area contributed by atoms with Crippen LogP contribution < -0.4 is 5.32 Å². The van der Waals surface area contributed by atoms with Crippen LogP contribution >= 0.6 is 0 Å². The van der Waals surface area contributed by atoms with Crippen LogP contribution in [0.5, 0.6) is 0 Å². The minimum absolute atomic E-state index is 0.281. The molecular weight excluding hydrogens is 418 g/mol. The predicted molar refractivity (Wildman–Crippen MR) is 125 cm³/mol. The van der Waals surface area contributed by atoms with Crippen LogP contribution in [0.2, 0.25) is 0 Å². The van der Waals surface area contributed by atoms with E-state index < -0.39 is 40.0 Å². The molecule has 0 saturated carbocycles. The van der Waals surface area contributed by atoms with Gasteiger partial charge in [0, 0.05) is 0 Å². The maximum absolute atomic E-state index is 12.3. The van der Waals surface area contributed by atoms with Crippen LogP contribution in [-0.2, 0) is 14.9 Å². The number of hydrogen-bond acceptors (Lipinski definition) is 5. The first-order valence-electron chi connectivity index (χ1n) is 12.0. The van der Waals surface area contributed by atoms with E-state index >= 15 is 0 Å². The van der Waals surface area contributed by atoms with Crippen LogP contribution in [0.1, 0.15) is 104 Å². The molecule has 0 bridgehead atoms. The third-order valence-electron chi connectivity index (χ3n) is 5.32. The molecule has 4 N–H and O–H groups in total. The summed E-state index contributed by atoms with van der Waals surface area (Å²) >= 11 is 0. The number of amides is 1. The summed E-state index contributed by atoms with van der Waals surface area (Å²) < 4.78 is 31.7. The first-order valence-corrected chi connectivity index (χ1v) is 13.6. The molecular formula is C23H45NO6S. The number of allylic oxidation sites excluding steroid dienone is 1. The second-order valence-corrected chi connectivity index (χ2v) is 9.91. The van der Waals surface area contributed by atoms with Crippen molar-refractivity contribution in [2.45, 2.75) is 122 Å². The van der Waals surface area contributed by atoms with Gasteiger partial charge in [0.05, 0.1) is 17.9 Å². The Hall–Kier alpha value is -0.960. The van der Waals surface area contributed by atoms with E-state index in [-0.39, 0.29) is 6.42 Å². The van der Waals surface area contributed by atoms with E-state index in [1.54, 1.807) is 6.08 Å². The lowest BCUT2D eigenvalue weighted by atomic mass is 10.0. The summed E-state index contributed by atoms with van der Waals surface area (Å²) in [5.74, 6) is -1.55. The zero-order valence-electron chi connectivity index (χ0n) is 19.5. The molecule has 0 aliphatic heterocycles. The van der Waals surface area contributed by atoms with Crippen LogP contribution in [-0.4, -0.2) is 53.1 Å². The molecule has 0 fully saturated rings. The summed E-state index contributed by atoms with van der Waals surface area (Å²) in [5, 5.41) is 22.7. The van der Waals surface area contributed by atoms with Gasteiger partial charge in [-0.25, -0.2) is 0 Å². The Morgan fingerprint density at radius 3 is 1.94 bits per heavy atom. The number of carbonyl (C=O) groups excluding carboxylic acids is 1. The fourth-order valence-corrected chi connectivity index (χ4v) is 4.13. The van der Waals surface area contributed by atoms with Gasteiger partial charge in [0.15, 0.2) is 0 Å². The summed E-state index contributed by atoms with van der Waals surface area (Å²) in [6.07, 6.45) is 14.8.